The SMILES string of the molecule is CCCCC(=O)Nc1ccc(N=C(N)N=C(N)N)cc1Cl. The zero-order valence-corrected chi connectivity index (χ0v) is 12.5. The van der Waals surface area contributed by atoms with Crippen LogP contribution >= 0.6 is 11.6 Å². The lowest BCUT2D eigenvalue weighted by atomic mass is 10.2. The van der Waals surface area contributed by atoms with Crippen molar-refractivity contribution in [3.8, 4) is 0 Å². The van der Waals surface area contributed by atoms with Crippen molar-refractivity contribution in [2.75, 3.05) is 5.32 Å². The topological polar surface area (TPSA) is 132 Å². The summed E-state index contributed by atoms with van der Waals surface area (Å²) in [4.78, 5) is 19.2. The number of anilines is 1. The van der Waals surface area contributed by atoms with Gasteiger partial charge in [-0.25, -0.2) is 4.99 Å². The predicted octanol–water partition coefficient (Wildman–Crippen LogP) is 1.69. The van der Waals surface area contributed by atoms with Crippen molar-refractivity contribution in [3.63, 3.8) is 0 Å². The van der Waals surface area contributed by atoms with Gasteiger partial charge in [-0.1, -0.05) is 24.9 Å². The van der Waals surface area contributed by atoms with Crippen LogP contribution in [-0.4, -0.2) is 17.8 Å². The van der Waals surface area contributed by atoms with Gasteiger partial charge in [-0.2, -0.15) is 4.99 Å². The smallest absolute Gasteiger partial charge is 0.224 e. The highest BCUT2D eigenvalue weighted by molar-refractivity contribution is 6.34. The third-order valence-corrected chi connectivity index (χ3v) is 2.78. The van der Waals surface area contributed by atoms with Gasteiger partial charge in [0.05, 0.1) is 16.4 Å². The van der Waals surface area contributed by atoms with Crippen molar-refractivity contribution in [3.05, 3.63) is 23.2 Å². The maximum Gasteiger partial charge on any atom is 0.224 e. The van der Waals surface area contributed by atoms with E-state index in [0.29, 0.717) is 22.8 Å². The average Bonchev–Trinajstić information content (AvgIpc) is 2.38. The number of carbonyl (C=O) groups excluding carboxylic acids is 1. The summed E-state index contributed by atoms with van der Waals surface area (Å²) < 4.78 is 0. The molecule has 7 nitrogen and oxygen atoms in total. The fourth-order valence-electron chi connectivity index (χ4n) is 1.51. The molecule has 21 heavy (non-hydrogen) atoms. The molecule has 0 radical (unpaired) electrons. The Morgan fingerprint density at radius 2 is 2.05 bits per heavy atom. The molecule has 0 atom stereocenters. The van der Waals surface area contributed by atoms with Gasteiger partial charge in [0.2, 0.25) is 11.9 Å². The minimum atomic E-state index is -0.179. The molecule has 1 rings (SSSR count). The molecule has 0 bridgehead atoms. The number of rotatable bonds is 5. The van der Waals surface area contributed by atoms with Gasteiger partial charge in [0, 0.05) is 6.42 Å². The second-order valence-electron chi connectivity index (χ2n) is 4.32. The molecule has 0 heterocycles. The maximum atomic E-state index is 11.6. The molecular formula is C13H19ClN6O. The van der Waals surface area contributed by atoms with E-state index in [4.69, 9.17) is 28.8 Å². The molecule has 7 N–H and O–H groups in total. The number of guanidine groups is 2. The largest absolute Gasteiger partial charge is 0.370 e. The lowest BCUT2D eigenvalue weighted by Gasteiger charge is -2.07. The van der Waals surface area contributed by atoms with Crippen LogP contribution in [0.25, 0.3) is 0 Å². The molecular weight excluding hydrogens is 292 g/mol. The molecule has 8 heteroatoms. The van der Waals surface area contributed by atoms with Crippen molar-refractivity contribution in [1.29, 1.82) is 0 Å². The van der Waals surface area contributed by atoms with Crippen LogP contribution in [-0.2, 0) is 4.79 Å². The Hall–Kier alpha value is -2.28. The van der Waals surface area contributed by atoms with Crippen molar-refractivity contribution in [1.82, 2.24) is 0 Å². The highest BCUT2D eigenvalue weighted by Gasteiger charge is 2.06. The first-order valence-corrected chi connectivity index (χ1v) is 6.83. The summed E-state index contributed by atoms with van der Waals surface area (Å²) >= 11 is 6.09. The van der Waals surface area contributed by atoms with E-state index in [1.165, 1.54) is 0 Å². The number of nitrogens with two attached hydrogens (primary N) is 3. The molecule has 0 fully saturated rings. The van der Waals surface area contributed by atoms with E-state index < -0.39 is 0 Å². The summed E-state index contributed by atoms with van der Waals surface area (Å²) in [5, 5.41) is 3.10. The second-order valence-corrected chi connectivity index (χ2v) is 4.73. The van der Waals surface area contributed by atoms with Gasteiger partial charge < -0.3 is 22.5 Å². The van der Waals surface area contributed by atoms with Crippen molar-refractivity contribution >= 4 is 40.8 Å². The number of nitrogens with one attached hydrogen (secondary N) is 1. The fraction of sp³-hybridized carbons (Fsp3) is 0.308. The number of amides is 1. The van der Waals surface area contributed by atoms with Crippen molar-refractivity contribution in [2.24, 2.45) is 27.2 Å². The first kappa shape index (κ1) is 16.8. The Labute approximate surface area is 128 Å². The van der Waals surface area contributed by atoms with Gasteiger partial charge in [0.15, 0.2) is 5.96 Å². The number of unbranched alkanes of at least 4 members (excludes halogenated alkanes) is 1. The Morgan fingerprint density at radius 3 is 2.62 bits per heavy atom. The van der Waals surface area contributed by atoms with Crippen LogP contribution in [0.15, 0.2) is 28.2 Å². The van der Waals surface area contributed by atoms with Gasteiger partial charge >= 0.3 is 0 Å². The third kappa shape index (κ3) is 6.13. The summed E-state index contributed by atoms with van der Waals surface area (Å²) in [6.45, 7) is 2.02. The second kappa shape index (κ2) is 8.11. The standard InChI is InChI=1S/C13H19ClN6O/c1-2-3-4-11(21)19-10-6-5-8(7-9(10)14)18-13(17)20-12(15)16/h5-7H,2-4H2,1H3,(H,19,21)(H6,15,16,17,18,20). The summed E-state index contributed by atoms with van der Waals surface area (Å²) in [6, 6.07) is 4.86. The first-order chi connectivity index (χ1) is 9.92. The van der Waals surface area contributed by atoms with E-state index in [9.17, 15) is 4.79 Å². The van der Waals surface area contributed by atoms with E-state index in [0.717, 1.165) is 12.8 Å². The van der Waals surface area contributed by atoms with Crippen LogP contribution < -0.4 is 22.5 Å². The summed E-state index contributed by atoms with van der Waals surface area (Å²) in [5.41, 5.74) is 16.9. The molecule has 1 aromatic carbocycles. The molecule has 0 spiro atoms. The molecule has 0 aliphatic carbocycles. The number of nitrogens with zero attached hydrogens (tertiary/aromatic N) is 2. The number of halogens is 1. The highest BCUT2D eigenvalue weighted by Crippen LogP contribution is 2.27. The highest BCUT2D eigenvalue weighted by atomic mass is 35.5. The van der Waals surface area contributed by atoms with E-state index >= 15 is 0 Å². The van der Waals surface area contributed by atoms with Gasteiger partial charge in [0.1, 0.15) is 0 Å². The molecule has 0 saturated heterocycles. The molecule has 0 saturated carbocycles. The van der Waals surface area contributed by atoms with E-state index in [-0.39, 0.29) is 17.8 Å². The molecule has 0 aromatic heterocycles. The summed E-state index contributed by atoms with van der Waals surface area (Å²) in [7, 11) is 0. The van der Waals surface area contributed by atoms with Crippen LogP contribution in [0, 0.1) is 0 Å². The normalized spacial score (nSPS) is 11.0. The molecule has 0 aliphatic rings. The number of hydrogen-bond acceptors (Lipinski definition) is 2. The monoisotopic (exact) mass is 310 g/mol. The number of hydrogen-bond donors (Lipinski definition) is 4. The molecule has 114 valence electrons. The van der Waals surface area contributed by atoms with Crippen LogP contribution in [0.5, 0.6) is 0 Å². The number of carbonyl (C=O) groups is 1. The zero-order chi connectivity index (χ0) is 15.8. The third-order valence-electron chi connectivity index (χ3n) is 2.47. The number of benzene rings is 1. The zero-order valence-electron chi connectivity index (χ0n) is 11.8. The molecule has 0 unspecified atom stereocenters. The minimum Gasteiger partial charge on any atom is -0.370 e. The molecule has 1 amide bonds. The van der Waals surface area contributed by atoms with E-state index in [1.807, 2.05) is 6.92 Å². The summed E-state index contributed by atoms with van der Waals surface area (Å²) in [6.07, 6.45) is 2.25. The predicted molar refractivity (Wildman–Crippen MR) is 86.7 cm³/mol. The molecule has 1 aromatic rings. The molecule has 0 aliphatic heterocycles. The van der Waals surface area contributed by atoms with Crippen molar-refractivity contribution in [2.45, 2.75) is 26.2 Å². The van der Waals surface area contributed by atoms with E-state index in [2.05, 4.69) is 15.3 Å². The van der Waals surface area contributed by atoms with E-state index in [1.54, 1.807) is 18.2 Å². The van der Waals surface area contributed by atoms with Crippen LogP contribution in [0.4, 0.5) is 11.4 Å². The average molecular weight is 311 g/mol. The Balaban J connectivity index is 2.81. The van der Waals surface area contributed by atoms with Gasteiger partial charge in [0.25, 0.3) is 0 Å². The fourth-order valence-corrected chi connectivity index (χ4v) is 1.74. The quantitative estimate of drug-likeness (QED) is 0.486. The van der Waals surface area contributed by atoms with Crippen LogP contribution in [0.3, 0.4) is 0 Å². The first-order valence-electron chi connectivity index (χ1n) is 6.45. The van der Waals surface area contributed by atoms with Crippen LogP contribution in [0.1, 0.15) is 26.2 Å². The lowest BCUT2D eigenvalue weighted by Crippen LogP contribution is -2.26. The number of aliphatic imine (C=N–C) groups is 2. The summed E-state index contributed by atoms with van der Waals surface area (Å²) in [5.74, 6) is -0.331. The van der Waals surface area contributed by atoms with Crippen LogP contribution in [0.2, 0.25) is 5.02 Å². The Bertz CT molecular complexity index is 566. The van der Waals surface area contributed by atoms with Gasteiger partial charge in [-0.15, -0.1) is 0 Å². The van der Waals surface area contributed by atoms with Crippen molar-refractivity contribution < 1.29 is 4.79 Å². The minimum absolute atomic E-state index is 0.0741. The lowest BCUT2D eigenvalue weighted by molar-refractivity contribution is -0.116. The van der Waals surface area contributed by atoms with Gasteiger partial charge in [-0.05, 0) is 24.6 Å². The Morgan fingerprint density at radius 1 is 1.33 bits per heavy atom. The Kier molecular flexibility index (Phi) is 6.48. The van der Waals surface area contributed by atoms with Gasteiger partial charge in [-0.3, -0.25) is 4.79 Å². The maximum absolute atomic E-state index is 11.6.